The molecule has 0 bridgehead atoms. The number of fused-ring (bicyclic) bond motifs is 1. The molecule has 9 heteroatoms. The first-order valence-electron chi connectivity index (χ1n) is 8.83. The first kappa shape index (κ1) is 20.6. The van der Waals surface area contributed by atoms with Gasteiger partial charge in [-0.1, -0.05) is 36.4 Å². The third kappa shape index (κ3) is 5.43. The highest BCUT2D eigenvalue weighted by Gasteiger charge is 2.18. The molecule has 0 radical (unpaired) electrons. The smallest absolute Gasteiger partial charge is 0.321 e. The van der Waals surface area contributed by atoms with Gasteiger partial charge in [0.25, 0.3) is 5.91 Å². The first-order chi connectivity index (χ1) is 13.8. The van der Waals surface area contributed by atoms with Crippen LogP contribution in [0.3, 0.4) is 0 Å². The molecule has 0 unspecified atom stereocenters. The number of sulfonamides is 1. The number of hydrogen-bond acceptors (Lipinski definition) is 6. The fourth-order valence-corrected chi connectivity index (χ4v) is 3.59. The quantitative estimate of drug-likeness (QED) is 0.544. The molecule has 2 N–H and O–H groups in total. The molecule has 0 saturated heterocycles. The molecule has 0 aliphatic heterocycles. The topological polar surface area (TPSA) is 115 Å². The van der Waals surface area contributed by atoms with Crippen LogP contribution in [-0.4, -0.2) is 33.4 Å². The third-order valence-corrected chi connectivity index (χ3v) is 5.49. The largest absolute Gasteiger partial charge is 0.459 e. The van der Waals surface area contributed by atoms with Crippen LogP contribution in [0.4, 0.5) is 0 Å². The standard InChI is InChI=1S/C20H20N2O6S/c1-14(18-11-15-7-5-6-10-17(15)28-18)22-19(23)13-27-20(24)12-21-29(25,26)16-8-3-2-4-9-16/h2-11,14,21H,12-13H2,1H3,(H,22,23)/t14-/m0/s1. The van der Waals surface area contributed by atoms with Gasteiger partial charge >= 0.3 is 5.97 Å². The van der Waals surface area contributed by atoms with Crippen molar-refractivity contribution in [2.45, 2.75) is 17.9 Å². The monoisotopic (exact) mass is 416 g/mol. The molecule has 1 atom stereocenters. The molecule has 0 aliphatic rings. The van der Waals surface area contributed by atoms with Crippen molar-refractivity contribution in [3.05, 3.63) is 66.4 Å². The second-order valence-electron chi connectivity index (χ2n) is 6.27. The molecule has 0 saturated carbocycles. The van der Waals surface area contributed by atoms with E-state index in [0.29, 0.717) is 11.3 Å². The highest BCUT2D eigenvalue weighted by atomic mass is 32.2. The van der Waals surface area contributed by atoms with Crippen molar-refractivity contribution < 1.29 is 27.2 Å². The summed E-state index contributed by atoms with van der Waals surface area (Å²) in [5.41, 5.74) is 0.709. The number of para-hydroxylation sites is 1. The first-order valence-corrected chi connectivity index (χ1v) is 10.3. The number of hydrogen-bond donors (Lipinski definition) is 2. The van der Waals surface area contributed by atoms with Crippen molar-refractivity contribution in [1.82, 2.24) is 10.0 Å². The number of esters is 1. The van der Waals surface area contributed by atoms with E-state index >= 15 is 0 Å². The molecule has 3 aromatic rings. The van der Waals surface area contributed by atoms with Crippen molar-refractivity contribution >= 4 is 32.9 Å². The van der Waals surface area contributed by atoms with Crippen LogP contribution in [0.1, 0.15) is 18.7 Å². The van der Waals surface area contributed by atoms with Crippen LogP contribution >= 0.6 is 0 Å². The van der Waals surface area contributed by atoms with Crippen molar-refractivity contribution in [3.8, 4) is 0 Å². The van der Waals surface area contributed by atoms with Gasteiger partial charge in [0, 0.05) is 5.39 Å². The van der Waals surface area contributed by atoms with Crippen LogP contribution in [0.15, 0.2) is 70.0 Å². The maximum absolute atomic E-state index is 12.0. The molecular formula is C20H20N2O6S. The summed E-state index contributed by atoms with van der Waals surface area (Å²) in [6.45, 7) is 0.630. The predicted molar refractivity (Wildman–Crippen MR) is 105 cm³/mol. The van der Waals surface area contributed by atoms with E-state index in [2.05, 4.69) is 10.0 Å². The molecular weight excluding hydrogens is 396 g/mol. The summed E-state index contributed by atoms with van der Waals surface area (Å²) >= 11 is 0. The van der Waals surface area contributed by atoms with Gasteiger partial charge in [0.05, 0.1) is 10.9 Å². The van der Waals surface area contributed by atoms with Gasteiger partial charge in [-0.05, 0) is 31.2 Å². The van der Waals surface area contributed by atoms with Gasteiger partial charge in [-0.15, -0.1) is 0 Å². The summed E-state index contributed by atoms with van der Waals surface area (Å²) in [6, 6.07) is 16.5. The second-order valence-corrected chi connectivity index (χ2v) is 8.04. The normalized spacial score (nSPS) is 12.4. The average Bonchev–Trinajstić information content (AvgIpc) is 3.16. The van der Waals surface area contributed by atoms with E-state index in [-0.39, 0.29) is 4.90 Å². The van der Waals surface area contributed by atoms with Gasteiger partial charge in [-0.2, -0.15) is 4.72 Å². The molecule has 0 aliphatic carbocycles. The lowest BCUT2D eigenvalue weighted by Crippen LogP contribution is -2.34. The number of carbonyl (C=O) groups excluding carboxylic acids is 2. The summed E-state index contributed by atoms with van der Waals surface area (Å²) in [7, 11) is -3.83. The van der Waals surface area contributed by atoms with Crippen molar-refractivity contribution in [3.63, 3.8) is 0 Å². The SMILES string of the molecule is C[C@H](NC(=O)COC(=O)CNS(=O)(=O)c1ccccc1)c1cc2ccccc2o1. The van der Waals surface area contributed by atoms with Crippen molar-refractivity contribution in [2.75, 3.05) is 13.2 Å². The zero-order valence-corrected chi connectivity index (χ0v) is 16.4. The lowest BCUT2D eigenvalue weighted by Gasteiger charge is -2.12. The summed E-state index contributed by atoms with van der Waals surface area (Å²) in [5.74, 6) is -0.824. The maximum atomic E-state index is 12.0. The van der Waals surface area contributed by atoms with Crippen LogP contribution < -0.4 is 10.0 Å². The molecule has 1 amide bonds. The molecule has 2 aromatic carbocycles. The Morgan fingerprint density at radius 1 is 1.07 bits per heavy atom. The van der Waals surface area contributed by atoms with E-state index in [1.807, 2.05) is 30.3 Å². The Labute approximate surface area is 167 Å². The summed E-state index contributed by atoms with van der Waals surface area (Å²) in [6.07, 6.45) is 0. The van der Waals surface area contributed by atoms with Crippen LogP contribution in [0.25, 0.3) is 11.0 Å². The minimum absolute atomic E-state index is 0.0326. The Kier molecular flexibility index (Phi) is 6.30. The Balaban J connectivity index is 1.45. The van der Waals surface area contributed by atoms with Crippen molar-refractivity contribution in [1.29, 1.82) is 0 Å². The predicted octanol–water partition coefficient (Wildman–Crippen LogP) is 2.13. The van der Waals surface area contributed by atoms with E-state index in [9.17, 15) is 18.0 Å². The minimum atomic E-state index is -3.83. The number of ether oxygens (including phenoxy) is 1. The van der Waals surface area contributed by atoms with E-state index in [1.54, 1.807) is 25.1 Å². The minimum Gasteiger partial charge on any atom is -0.459 e. The van der Waals surface area contributed by atoms with Gasteiger partial charge in [-0.25, -0.2) is 8.42 Å². The average molecular weight is 416 g/mol. The van der Waals surface area contributed by atoms with E-state index in [4.69, 9.17) is 9.15 Å². The Hall–Kier alpha value is -3.17. The Bertz CT molecular complexity index is 1080. The molecule has 1 heterocycles. The number of nitrogens with one attached hydrogen (secondary N) is 2. The summed E-state index contributed by atoms with van der Waals surface area (Å²) < 4.78 is 36.7. The maximum Gasteiger partial charge on any atom is 0.321 e. The number of benzene rings is 2. The van der Waals surface area contributed by atoms with E-state index in [1.165, 1.54) is 12.1 Å². The second kappa shape index (κ2) is 8.89. The molecule has 8 nitrogen and oxygen atoms in total. The molecule has 152 valence electrons. The van der Waals surface area contributed by atoms with Gasteiger partial charge in [0.2, 0.25) is 10.0 Å². The Morgan fingerprint density at radius 3 is 2.48 bits per heavy atom. The zero-order chi connectivity index (χ0) is 20.9. The lowest BCUT2D eigenvalue weighted by atomic mass is 10.2. The summed E-state index contributed by atoms with van der Waals surface area (Å²) in [5, 5.41) is 3.58. The van der Waals surface area contributed by atoms with Gasteiger partial charge < -0.3 is 14.5 Å². The molecule has 29 heavy (non-hydrogen) atoms. The van der Waals surface area contributed by atoms with Gasteiger partial charge in [0.15, 0.2) is 6.61 Å². The van der Waals surface area contributed by atoms with Gasteiger partial charge in [0.1, 0.15) is 17.9 Å². The highest BCUT2D eigenvalue weighted by Crippen LogP contribution is 2.23. The third-order valence-electron chi connectivity index (χ3n) is 4.07. The highest BCUT2D eigenvalue weighted by molar-refractivity contribution is 7.89. The Morgan fingerprint density at radius 2 is 1.76 bits per heavy atom. The van der Waals surface area contributed by atoms with Crippen LogP contribution in [0.5, 0.6) is 0 Å². The number of carbonyl (C=O) groups is 2. The molecule has 1 aromatic heterocycles. The van der Waals surface area contributed by atoms with Crippen molar-refractivity contribution in [2.24, 2.45) is 0 Å². The van der Waals surface area contributed by atoms with Crippen LogP contribution in [0, 0.1) is 0 Å². The van der Waals surface area contributed by atoms with Crippen LogP contribution in [-0.2, 0) is 24.3 Å². The van der Waals surface area contributed by atoms with Crippen LogP contribution in [0.2, 0.25) is 0 Å². The van der Waals surface area contributed by atoms with E-state index < -0.39 is 41.1 Å². The lowest BCUT2D eigenvalue weighted by molar-refractivity contribution is -0.147. The number of furan rings is 1. The molecule has 3 rings (SSSR count). The van der Waals surface area contributed by atoms with E-state index in [0.717, 1.165) is 5.39 Å². The number of rotatable bonds is 8. The fourth-order valence-electron chi connectivity index (χ4n) is 2.60. The summed E-state index contributed by atoms with van der Waals surface area (Å²) in [4.78, 5) is 23.8. The van der Waals surface area contributed by atoms with Gasteiger partial charge in [-0.3, -0.25) is 9.59 Å². The molecule has 0 spiro atoms. The molecule has 0 fully saturated rings. The number of amides is 1. The zero-order valence-electron chi connectivity index (χ0n) is 15.6. The fraction of sp³-hybridized carbons (Fsp3) is 0.200.